The number of aromatic nitrogens is 3. The normalized spacial score (nSPS) is 20.8. The molecule has 1 aromatic heterocycles. The summed E-state index contributed by atoms with van der Waals surface area (Å²) in [5.74, 6) is 2.85. The molecule has 0 amide bonds. The van der Waals surface area contributed by atoms with Crippen LogP contribution in [0.15, 0.2) is 5.16 Å². The fourth-order valence-corrected chi connectivity index (χ4v) is 5.14. The predicted molar refractivity (Wildman–Crippen MR) is 83.1 cm³/mol. The highest BCUT2D eigenvalue weighted by Gasteiger charge is 2.27. The molecule has 0 spiro atoms. The van der Waals surface area contributed by atoms with Crippen LogP contribution in [0.1, 0.15) is 18.7 Å². The number of hydrogen-bond acceptors (Lipinski definition) is 6. The largest absolute Gasteiger partial charge is 0.313 e. The zero-order valence-electron chi connectivity index (χ0n) is 11.7. The van der Waals surface area contributed by atoms with Gasteiger partial charge in [-0.3, -0.25) is 0 Å². The number of sulfone groups is 1. The second-order valence-corrected chi connectivity index (χ2v) is 8.19. The van der Waals surface area contributed by atoms with E-state index in [9.17, 15) is 8.42 Å². The third-order valence-electron chi connectivity index (χ3n) is 3.34. The minimum absolute atomic E-state index is 0. The minimum atomic E-state index is -2.75. The van der Waals surface area contributed by atoms with Crippen molar-refractivity contribution in [3.05, 3.63) is 5.82 Å². The summed E-state index contributed by atoms with van der Waals surface area (Å²) in [7, 11) is 1.08. The average Bonchev–Trinajstić information content (AvgIpc) is 2.86. The summed E-state index contributed by atoms with van der Waals surface area (Å²) in [5, 5.41) is 12.2. The molecule has 1 N–H and O–H groups in total. The Morgan fingerprint density at radius 2 is 2.20 bits per heavy atom. The molecule has 0 bridgehead atoms. The van der Waals surface area contributed by atoms with Gasteiger partial charge in [0.15, 0.2) is 15.0 Å². The molecule has 2 heterocycles. The topological polar surface area (TPSA) is 76.9 Å². The van der Waals surface area contributed by atoms with Gasteiger partial charge in [-0.2, -0.15) is 0 Å². The Morgan fingerprint density at radius 3 is 2.80 bits per heavy atom. The van der Waals surface area contributed by atoms with Crippen molar-refractivity contribution in [2.24, 2.45) is 13.0 Å². The van der Waals surface area contributed by atoms with Crippen LogP contribution < -0.4 is 5.32 Å². The van der Waals surface area contributed by atoms with Crippen LogP contribution in [-0.4, -0.2) is 47.5 Å². The summed E-state index contributed by atoms with van der Waals surface area (Å²) in [6.07, 6.45) is 1.74. The summed E-state index contributed by atoms with van der Waals surface area (Å²) < 4.78 is 24.7. The minimum Gasteiger partial charge on any atom is -0.313 e. The Balaban J connectivity index is 0.00000200. The molecule has 0 aliphatic carbocycles. The lowest BCUT2D eigenvalue weighted by molar-refractivity contribution is 0.573. The summed E-state index contributed by atoms with van der Waals surface area (Å²) in [4.78, 5) is 0. The van der Waals surface area contributed by atoms with Crippen molar-refractivity contribution >= 4 is 34.0 Å². The van der Waals surface area contributed by atoms with Crippen molar-refractivity contribution in [1.82, 2.24) is 20.1 Å². The van der Waals surface area contributed by atoms with Crippen LogP contribution in [-0.2, 0) is 23.4 Å². The number of nitrogens with zero attached hydrogens (tertiary/aromatic N) is 3. The molecular formula is C11H21ClN4O2S2. The van der Waals surface area contributed by atoms with Gasteiger partial charge < -0.3 is 9.88 Å². The van der Waals surface area contributed by atoms with E-state index in [4.69, 9.17) is 0 Å². The zero-order valence-corrected chi connectivity index (χ0v) is 14.2. The molecule has 1 atom stereocenters. The van der Waals surface area contributed by atoms with E-state index in [0.717, 1.165) is 29.6 Å². The van der Waals surface area contributed by atoms with E-state index in [2.05, 4.69) is 15.5 Å². The van der Waals surface area contributed by atoms with Gasteiger partial charge in [0.25, 0.3) is 0 Å². The zero-order chi connectivity index (χ0) is 13.9. The monoisotopic (exact) mass is 340 g/mol. The summed E-state index contributed by atoms with van der Waals surface area (Å²) in [5.41, 5.74) is 0. The Kier molecular flexibility index (Phi) is 6.77. The molecule has 1 unspecified atom stereocenters. The highest BCUT2D eigenvalue weighted by atomic mass is 35.5. The van der Waals surface area contributed by atoms with Gasteiger partial charge in [-0.1, -0.05) is 11.8 Å². The Labute approximate surface area is 130 Å². The molecule has 1 aliphatic rings. The molecule has 1 aliphatic heterocycles. The van der Waals surface area contributed by atoms with Crippen molar-refractivity contribution in [1.29, 1.82) is 0 Å². The predicted octanol–water partition coefficient (Wildman–Crippen LogP) is 0.873. The molecule has 1 saturated heterocycles. The molecule has 0 saturated carbocycles. The first-order chi connectivity index (χ1) is 9.02. The van der Waals surface area contributed by atoms with E-state index in [1.807, 2.05) is 18.7 Å². The van der Waals surface area contributed by atoms with Gasteiger partial charge >= 0.3 is 0 Å². The van der Waals surface area contributed by atoms with Gasteiger partial charge in [-0.25, -0.2) is 8.42 Å². The lowest BCUT2D eigenvalue weighted by atomic mass is 10.1. The molecule has 0 aromatic carbocycles. The van der Waals surface area contributed by atoms with E-state index in [0.29, 0.717) is 24.0 Å². The van der Waals surface area contributed by atoms with Crippen molar-refractivity contribution in [3.8, 4) is 0 Å². The molecule has 20 heavy (non-hydrogen) atoms. The standard InChI is InChI=1S/C11H20N4O2S2.ClH/c1-12-7-10-13-14-11(15(10)2)18-5-3-9-4-6-19(16,17)8-9;/h9,12H,3-8H2,1-2H3;1H. The number of hydrogen-bond donors (Lipinski definition) is 1. The first kappa shape index (κ1) is 17.7. The number of nitrogens with one attached hydrogen (secondary N) is 1. The van der Waals surface area contributed by atoms with Crippen LogP contribution in [0.4, 0.5) is 0 Å². The second-order valence-electron chi connectivity index (χ2n) is 4.89. The van der Waals surface area contributed by atoms with Crippen molar-refractivity contribution < 1.29 is 8.42 Å². The molecule has 1 aromatic rings. The highest BCUT2D eigenvalue weighted by Crippen LogP contribution is 2.25. The van der Waals surface area contributed by atoms with Gasteiger partial charge in [0.05, 0.1) is 18.1 Å². The van der Waals surface area contributed by atoms with Gasteiger partial charge in [-0.15, -0.1) is 22.6 Å². The molecule has 2 rings (SSSR count). The van der Waals surface area contributed by atoms with Gasteiger partial charge in [0, 0.05) is 12.8 Å². The maximum Gasteiger partial charge on any atom is 0.190 e. The van der Waals surface area contributed by atoms with E-state index in [-0.39, 0.29) is 12.4 Å². The molecule has 116 valence electrons. The fraction of sp³-hybridized carbons (Fsp3) is 0.818. The third-order valence-corrected chi connectivity index (χ3v) is 6.23. The third kappa shape index (κ3) is 4.61. The van der Waals surface area contributed by atoms with E-state index in [1.165, 1.54) is 0 Å². The van der Waals surface area contributed by atoms with Gasteiger partial charge in [0.2, 0.25) is 0 Å². The molecule has 1 fully saturated rings. The van der Waals surface area contributed by atoms with Gasteiger partial charge in [0.1, 0.15) is 5.82 Å². The molecule has 6 nitrogen and oxygen atoms in total. The molecule has 0 radical (unpaired) electrons. The van der Waals surface area contributed by atoms with Crippen molar-refractivity contribution in [3.63, 3.8) is 0 Å². The van der Waals surface area contributed by atoms with E-state index >= 15 is 0 Å². The highest BCUT2D eigenvalue weighted by molar-refractivity contribution is 7.99. The Morgan fingerprint density at radius 1 is 1.45 bits per heavy atom. The molecular weight excluding hydrogens is 320 g/mol. The maximum atomic E-state index is 11.4. The SMILES string of the molecule is CNCc1nnc(SCCC2CCS(=O)(=O)C2)n1C.Cl. The quantitative estimate of drug-likeness (QED) is 0.774. The lowest BCUT2D eigenvalue weighted by Crippen LogP contribution is -2.10. The van der Waals surface area contributed by atoms with Crippen LogP contribution >= 0.6 is 24.2 Å². The van der Waals surface area contributed by atoms with Crippen LogP contribution in [0.5, 0.6) is 0 Å². The lowest BCUT2D eigenvalue weighted by Gasteiger charge is -2.07. The first-order valence-corrected chi connectivity index (χ1v) is 9.18. The van der Waals surface area contributed by atoms with E-state index < -0.39 is 9.84 Å². The number of halogens is 1. The summed E-state index contributed by atoms with van der Waals surface area (Å²) >= 11 is 1.65. The first-order valence-electron chi connectivity index (χ1n) is 6.38. The van der Waals surface area contributed by atoms with Crippen LogP contribution in [0.2, 0.25) is 0 Å². The Bertz CT molecular complexity index is 533. The number of thioether (sulfide) groups is 1. The van der Waals surface area contributed by atoms with Crippen molar-refractivity contribution in [2.45, 2.75) is 24.5 Å². The summed E-state index contributed by atoms with van der Waals surface area (Å²) in [6.45, 7) is 0.699. The van der Waals surface area contributed by atoms with Crippen LogP contribution in [0, 0.1) is 5.92 Å². The summed E-state index contributed by atoms with van der Waals surface area (Å²) in [6, 6.07) is 0. The van der Waals surface area contributed by atoms with E-state index in [1.54, 1.807) is 11.8 Å². The number of rotatable bonds is 6. The van der Waals surface area contributed by atoms with Gasteiger partial charge in [-0.05, 0) is 25.8 Å². The second kappa shape index (κ2) is 7.63. The Hall–Kier alpha value is -0.310. The average molecular weight is 341 g/mol. The smallest absolute Gasteiger partial charge is 0.190 e. The molecule has 9 heteroatoms. The van der Waals surface area contributed by atoms with Crippen molar-refractivity contribution in [2.75, 3.05) is 24.3 Å². The van der Waals surface area contributed by atoms with Crippen LogP contribution in [0.3, 0.4) is 0 Å². The fourth-order valence-electron chi connectivity index (χ4n) is 2.20. The maximum absolute atomic E-state index is 11.4. The van der Waals surface area contributed by atoms with Crippen LogP contribution in [0.25, 0.3) is 0 Å².